The van der Waals surface area contributed by atoms with Crippen LogP contribution in [0.1, 0.15) is 35.7 Å². The number of benzene rings is 1. The van der Waals surface area contributed by atoms with E-state index in [2.05, 4.69) is 5.32 Å². The highest BCUT2D eigenvalue weighted by atomic mass is 19.1. The van der Waals surface area contributed by atoms with Crippen LogP contribution in [0.15, 0.2) is 54.1 Å². The van der Waals surface area contributed by atoms with Gasteiger partial charge in [-0.1, -0.05) is 12.1 Å². The predicted octanol–water partition coefficient (Wildman–Crippen LogP) is 1.81. The van der Waals surface area contributed by atoms with Crippen molar-refractivity contribution in [1.82, 2.24) is 5.32 Å². The maximum atomic E-state index is 14.7. The van der Waals surface area contributed by atoms with Crippen molar-refractivity contribution in [3.05, 3.63) is 65.2 Å². The summed E-state index contributed by atoms with van der Waals surface area (Å²) < 4.78 is 26.0. The molecule has 1 amide bonds. The first kappa shape index (κ1) is 22.2. The summed E-state index contributed by atoms with van der Waals surface area (Å²) in [6, 6.07) is 6.60. The zero-order valence-electron chi connectivity index (χ0n) is 16.8. The number of rotatable bonds is 5. The van der Waals surface area contributed by atoms with Gasteiger partial charge in [-0.05, 0) is 42.8 Å². The molecule has 1 aromatic carbocycles. The molecule has 1 aliphatic carbocycles. The summed E-state index contributed by atoms with van der Waals surface area (Å²) in [6.45, 7) is 1.06. The second kappa shape index (κ2) is 9.09. The van der Waals surface area contributed by atoms with Crippen molar-refractivity contribution in [3.8, 4) is 0 Å². The summed E-state index contributed by atoms with van der Waals surface area (Å²) in [4.78, 5) is 11.9. The van der Waals surface area contributed by atoms with Crippen molar-refractivity contribution in [2.45, 2.75) is 43.9 Å². The van der Waals surface area contributed by atoms with Crippen molar-refractivity contribution >= 4 is 11.5 Å². The molecule has 0 radical (unpaired) electrons. The van der Waals surface area contributed by atoms with Gasteiger partial charge in [-0.15, -0.1) is 0 Å². The highest BCUT2D eigenvalue weighted by molar-refractivity contribution is 5.95. The zero-order chi connectivity index (χ0) is 21.9. The standard InChI is InChI=1S/C22H26FNO6/c1-22(28)19(26)11-16(12-25)30-21(22)29-15-6-8-17(18(23)9-7-15)13-4-3-5-14(10-13)20(27)24-2/h3-6,8-10,16,19,21,25-26,28H,7,11-12H2,1-2H3,(H,24,27)/t16-,19-,21-,22-/m0/s1. The van der Waals surface area contributed by atoms with Crippen LogP contribution >= 0.6 is 0 Å². The number of aliphatic hydroxyl groups is 3. The second-order valence-electron chi connectivity index (χ2n) is 7.50. The molecule has 7 nitrogen and oxygen atoms in total. The maximum Gasteiger partial charge on any atom is 0.251 e. The fraction of sp³-hybridized carbons (Fsp3) is 0.409. The van der Waals surface area contributed by atoms with Gasteiger partial charge in [0.05, 0.1) is 18.8 Å². The molecule has 1 aliphatic heterocycles. The number of ether oxygens (including phenoxy) is 2. The third-order valence-corrected chi connectivity index (χ3v) is 5.25. The van der Waals surface area contributed by atoms with E-state index in [0.717, 1.165) is 0 Å². The fourth-order valence-corrected chi connectivity index (χ4v) is 3.33. The van der Waals surface area contributed by atoms with Crippen molar-refractivity contribution in [3.63, 3.8) is 0 Å². The van der Waals surface area contributed by atoms with Gasteiger partial charge in [-0.2, -0.15) is 0 Å². The van der Waals surface area contributed by atoms with E-state index in [4.69, 9.17) is 9.47 Å². The number of nitrogens with one attached hydrogen (secondary N) is 1. The fourth-order valence-electron chi connectivity index (χ4n) is 3.33. The van der Waals surface area contributed by atoms with Crippen LogP contribution in [0, 0.1) is 0 Å². The number of carbonyl (C=O) groups excluding carboxylic acids is 1. The molecule has 30 heavy (non-hydrogen) atoms. The molecule has 0 saturated carbocycles. The second-order valence-corrected chi connectivity index (χ2v) is 7.50. The summed E-state index contributed by atoms with van der Waals surface area (Å²) >= 11 is 0. The van der Waals surface area contributed by atoms with Gasteiger partial charge in [0.25, 0.3) is 5.91 Å². The quantitative estimate of drug-likeness (QED) is 0.580. The molecule has 162 valence electrons. The molecular formula is C22H26FNO6. The Balaban J connectivity index is 1.85. The van der Waals surface area contributed by atoms with Crippen LogP contribution in [-0.4, -0.2) is 59.0 Å². The molecule has 1 fully saturated rings. The van der Waals surface area contributed by atoms with Crippen LogP contribution in [0.3, 0.4) is 0 Å². The normalized spacial score (nSPS) is 29.3. The first-order chi connectivity index (χ1) is 14.3. The third kappa shape index (κ3) is 4.62. The molecular weight excluding hydrogens is 393 g/mol. The smallest absolute Gasteiger partial charge is 0.251 e. The number of halogens is 1. The predicted molar refractivity (Wildman–Crippen MR) is 108 cm³/mol. The SMILES string of the molecule is CNC(=O)c1cccc(C2=CC=C(O[C@H]3O[C@H](CO)C[C@H](O)[C@]3(C)O)CC=C2F)c1. The lowest BCUT2D eigenvalue weighted by Crippen LogP contribution is -2.58. The monoisotopic (exact) mass is 419 g/mol. The van der Waals surface area contributed by atoms with Gasteiger partial charge in [0.2, 0.25) is 6.29 Å². The Kier molecular flexibility index (Phi) is 6.72. The van der Waals surface area contributed by atoms with E-state index < -0.39 is 29.9 Å². The summed E-state index contributed by atoms with van der Waals surface area (Å²) in [5.74, 6) is -0.439. The first-order valence-electron chi connectivity index (χ1n) is 9.69. The molecule has 3 rings (SSSR count). The highest BCUT2D eigenvalue weighted by Gasteiger charge is 2.48. The van der Waals surface area contributed by atoms with Gasteiger partial charge in [-0.25, -0.2) is 4.39 Å². The minimum absolute atomic E-state index is 0.0721. The van der Waals surface area contributed by atoms with E-state index in [1.165, 1.54) is 26.1 Å². The van der Waals surface area contributed by atoms with Gasteiger partial charge >= 0.3 is 0 Å². The summed E-state index contributed by atoms with van der Waals surface area (Å²) in [5, 5.41) is 32.6. The summed E-state index contributed by atoms with van der Waals surface area (Å²) in [5.41, 5.74) is -0.484. The number of aliphatic hydroxyl groups excluding tert-OH is 2. The van der Waals surface area contributed by atoms with Crippen LogP contribution in [0.2, 0.25) is 0 Å². The summed E-state index contributed by atoms with van der Waals surface area (Å²) in [6.07, 6.45) is 1.52. The molecule has 1 aromatic rings. The van der Waals surface area contributed by atoms with Crippen LogP contribution in [0.5, 0.6) is 0 Å². The maximum absolute atomic E-state index is 14.7. The van der Waals surface area contributed by atoms with E-state index in [1.807, 2.05) is 0 Å². The number of hydrogen-bond donors (Lipinski definition) is 4. The Labute approximate surface area is 174 Å². The Morgan fingerprint density at radius 1 is 1.40 bits per heavy atom. The van der Waals surface area contributed by atoms with E-state index in [-0.39, 0.29) is 30.9 Å². The van der Waals surface area contributed by atoms with Crippen LogP contribution in [0.4, 0.5) is 4.39 Å². The lowest BCUT2D eigenvalue weighted by Gasteiger charge is -2.43. The van der Waals surface area contributed by atoms with Crippen molar-refractivity contribution in [2.24, 2.45) is 0 Å². The van der Waals surface area contributed by atoms with E-state index in [0.29, 0.717) is 16.9 Å². The van der Waals surface area contributed by atoms with Crippen LogP contribution < -0.4 is 5.32 Å². The first-order valence-corrected chi connectivity index (χ1v) is 9.69. The number of amides is 1. The lowest BCUT2D eigenvalue weighted by atomic mass is 9.90. The average Bonchev–Trinajstić information content (AvgIpc) is 2.92. The Hall–Kier alpha value is -2.52. The van der Waals surface area contributed by atoms with Gasteiger partial charge in [0.15, 0.2) is 0 Å². The van der Waals surface area contributed by atoms with Gasteiger partial charge in [-0.3, -0.25) is 4.79 Å². The van der Waals surface area contributed by atoms with E-state index in [9.17, 15) is 24.5 Å². The molecule has 8 heteroatoms. The Morgan fingerprint density at radius 2 is 2.17 bits per heavy atom. The Morgan fingerprint density at radius 3 is 2.87 bits per heavy atom. The number of allylic oxidation sites excluding steroid dienone is 5. The van der Waals surface area contributed by atoms with E-state index in [1.54, 1.807) is 30.3 Å². The molecule has 0 unspecified atom stereocenters. The number of hydrogen-bond acceptors (Lipinski definition) is 6. The van der Waals surface area contributed by atoms with Gasteiger partial charge in [0.1, 0.15) is 17.2 Å². The Bertz CT molecular complexity index is 891. The molecule has 1 saturated heterocycles. The van der Waals surface area contributed by atoms with Crippen molar-refractivity contribution in [2.75, 3.05) is 13.7 Å². The van der Waals surface area contributed by atoms with Crippen molar-refractivity contribution in [1.29, 1.82) is 0 Å². The summed E-state index contributed by atoms with van der Waals surface area (Å²) in [7, 11) is 1.52. The zero-order valence-corrected chi connectivity index (χ0v) is 16.8. The minimum atomic E-state index is -1.70. The minimum Gasteiger partial charge on any atom is -0.466 e. The number of carbonyl (C=O) groups is 1. The van der Waals surface area contributed by atoms with E-state index >= 15 is 0 Å². The molecule has 2 aliphatic rings. The molecule has 4 N–H and O–H groups in total. The average molecular weight is 419 g/mol. The van der Waals surface area contributed by atoms with Crippen LogP contribution in [-0.2, 0) is 9.47 Å². The molecule has 4 atom stereocenters. The highest BCUT2D eigenvalue weighted by Crippen LogP contribution is 2.34. The topological polar surface area (TPSA) is 108 Å². The third-order valence-electron chi connectivity index (χ3n) is 5.25. The van der Waals surface area contributed by atoms with Crippen molar-refractivity contribution < 1.29 is 34.0 Å². The largest absolute Gasteiger partial charge is 0.466 e. The lowest BCUT2D eigenvalue weighted by molar-refractivity contribution is -0.299. The van der Waals surface area contributed by atoms with Gasteiger partial charge in [0, 0.05) is 31.0 Å². The molecule has 1 heterocycles. The molecule has 0 aromatic heterocycles. The van der Waals surface area contributed by atoms with Gasteiger partial charge < -0.3 is 30.1 Å². The molecule has 0 bridgehead atoms. The molecule has 0 spiro atoms. The van der Waals surface area contributed by atoms with Crippen LogP contribution in [0.25, 0.3) is 5.57 Å².